The van der Waals surface area contributed by atoms with E-state index in [9.17, 15) is 14.4 Å². The zero-order chi connectivity index (χ0) is 17.9. The molecule has 1 aliphatic carbocycles. The van der Waals surface area contributed by atoms with E-state index in [4.69, 9.17) is 0 Å². The molecule has 0 aromatic carbocycles. The molecule has 0 saturated carbocycles. The van der Waals surface area contributed by atoms with Gasteiger partial charge in [-0.2, -0.15) is 0 Å². The predicted octanol–water partition coefficient (Wildman–Crippen LogP) is 1.93. The highest BCUT2D eigenvalue weighted by atomic mass is 16.2. The normalized spacial score (nSPS) is 23.0. The van der Waals surface area contributed by atoms with E-state index in [1.54, 1.807) is 4.90 Å². The molecular formula is C19H25N3O3. The lowest BCUT2D eigenvalue weighted by molar-refractivity contribution is -0.132. The van der Waals surface area contributed by atoms with Gasteiger partial charge >= 0.3 is 0 Å². The van der Waals surface area contributed by atoms with Gasteiger partial charge in [0.25, 0.3) is 5.91 Å². The molecule has 2 amide bonds. The number of Topliss-reactive ketones (excluding diaryl/α,β-unsaturated/α-hetero) is 1. The molecule has 2 aliphatic heterocycles. The molecule has 134 valence electrons. The number of amides is 2. The van der Waals surface area contributed by atoms with Gasteiger partial charge in [0.2, 0.25) is 5.91 Å². The molecule has 3 heterocycles. The summed E-state index contributed by atoms with van der Waals surface area (Å²) in [5.74, 6) is 0.278. The third kappa shape index (κ3) is 2.58. The first kappa shape index (κ1) is 16.4. The van der Waals surface area contributed by atoms with Gasteiger partial charge in [-0.25, -0.2) is 0 Å². The zero-order valence-electron chi connectivity index (χ0n) is 15.1. The Morgan fingerprint density at radius 1 is 1.20 bits per heavy atom. The molecule has 2 saturated heterocycles. The van der Waals surface area contributed by atoms with E-state index in [2.05, 4.69) is 18.8 Å². The Labute approximate surface area is 147 Å². The summed E-state index contributed by atoms with van der Waals surface area (Å²) < 4.78 is 0. The van der Waals surface area contributed by atoms with Crippen LogP contribution in [0.15, 0.2) is 0 Å². The van der Waals surface area contributed by atoms with Crippen molar-refractivity contribution < 1.29 is 14.4 Å². The van der Waals surface area contributed by atoms with Crippen LogP contribution in [0.4, 0.5) is 0 Å². The van der Waals surface area contributed by atoms with Crippen LogP contribution in [-0.4, -0.2) is 58.1 Å². The van der Waals surface area contributed by atoms with Gasteiger partial charge < -0.3 is 14.8 Å². The topological polar surface area (TPSA) is 73.5 Å². The number of carbonyl (C=O) groups excluding carboxylic acids is 3. The van der Waals surface area contributed by atoms with Crippen LogP contribution in [-0.2, 0) is 11.2 Å². The fourth-order valence-electron chi connectivity index (χ4n) is 4.48. The van der Waals surface area contributed by atoms with E-state index in [1.165, 1.54) is 0 Å². The minimum Gasteiger partial charge on any atom is -0.354 e. The fourth-order valence-corrected chi connectivity index (χ4v) is 4.48. The number of hydrogen-bond acceptors (Lipinski definition) is 3. The Morgan fingerprint density at radius 3 is 2.56 bits per heavy atom. The predicted molar refractivity (Wildman–Crippen MR) is 92.6 cm³/mol. The molecule has 3 aliphatic rings. The average molecular weight is 343 g/mol. The van der Waals surface area contributed by atoms with Crippen LogP contribution >= 0.6 is 0 Å². The molecule has 25 heavy (non-hydrogen) atoms. The minimum absolute atomic E-state index is 0.0552. The van der Waals surface area contributed by atoms with Gasteiger partial charge in [-0.05, 0) is 30.7 Å². The summed E-state index contributed by atoms with van der Waals surface area (Å²) in [6.07, 6.45) is 2.86. The number of rotatable bonds is 2. The summed E-state index contributed by atoms with van der Waals surface area (Å²) in [6.45, 7) is 8.02. The molecule has 1 aromatic rings. The number of likely N-dealkylation sites (tertiary alicyclic amines) is 2. The number of nitrogens with zero attached hydrogens (tertiary/aromatic N) is 2. The van der Waals surface area contributed by atoms with Crippen LogP contribution in [0.1, 0.15) is 65.2 Å². The van der Waals surface area contributed by atoms with E-state index < -0.39 is 0 Å². The van der Waals surface area contributed by atoms with Gasteiger partial charge in [0, 0.05) is 43.7 Å². The summed E-state index contributed by atoms with van der Waals surface area (Å²) >= 11 is 0. The van der Waals surface area contributed by atoms with Crippen molar-refractivity contribution in [1.29, 1.82) is 0 Å². The second-order valence-corrected chi connectivity index (χ2v) is 8.47. The number of carbonyl (C=O) groups is 3. The van der Waals surface area contributed by atoms with Crippen molar-refractivity contribution in [2.75, 3.05) is 19.6 Å². The molecule has 0 spiro atoms. The molecule has 0 radical (unpaired) electrons. The Hall–Kier alpha value is -2.11. The quantitative estimate of drug-likeness (QED) is 0.892. The number of aromatic nitrogens is 1. The van der Waals surface area contributed by atoms with Crippen LogP contribution in [0.2, 0.25) is 0 Å². The molecule has 2 fully saturated rings. The molecule has 0 unspecified atom stereocenters. The first-order chi connectivity index (χ1) is 11.8. The van der Waals surface area contributed by atoms with Gasteiger partial charge in [-0.3, -0.25) is 14.4 Å². The smallest absolute Gasteiger partial charge is 0.270 e. The van der Waals surface area contributed by atoms with E-state index >= 15 is 0 Å². The van der Waals surface area contributed by atoms with Crippen molar-refractivity contribution in [3.8, 4) is 0 Å². The number of fused-ring (bicyclic) bond motifs is 1. The Morgan fingerprint density at radius 2 is 1.92 bits per heavy atom. The maximum atomic E-state index is 12.9. The molecule has 6 heteroatoms. The van der Waals surface area contributed by atoms with Crippen LogP contribution in [0.25, 0.3) is 0 Å². The summed E-state index contributed by atoms with van der Waals surface area (Å²) in [5, 5.41) is 0. The van der Waals surface area contributed by atoms with Crippen LogP contribution in [0, 0.1) is 12.3 Å². The summed E-state index contributed by atoms with van der Waals surface area (Å²) in [5.41, 5.74) is 2.87. The number of aromatic amines is 1. The van der Waals surface area contributed by atoms with Crippen molar-refractivity contribution >= 4 is 17.6 Å². The number of hydrogen-bond donors (Lipinski definition) is 1. The fraction of sp³-hybridized carbons (Fsp3) is 0.632. The lowest BCUT2D eigenvalue weighted by Gasteiger charge is -2.43. The second kappa shape index (κ2) is 5.44. The maximum absolute atomic E-state index is 12.9. The Balaban J connectivity index is 1.51. The molecule has 1 N–H and O–H groups in total. The number of nitrogens with one attached hydrogen (secondary N) is 1. The van der Waals surface area contributed by atoms with Crippen LogP contribution in [0.3, 0.4) is 0 Å². The molecule has 4 rings (SSSR count). The van der Waals surface area contributed by atoms with E-state index in [-0.39, 0.29) is 29.1 Å². The van der Waals surface area contributed by atoms with Crippen molar-refractivity contribution in [3.63, 3.8) is 0 Å². The Kier molecular flexibility index (Phi) is 3.56. The van der Waals surface area contributed by atoms with E-state index in [0.717, 1.165) is 36.2 Å². The average Bonchev–Trinajstić information content (AvgIpc) is 3.00. The van der Waals surface area contributed by atoms with Crippen LogP contribution < -0.4 is 0 Å². The van der Waals surface area contributed by atoms with Gasteiger partial charge in [0.1, 0.15) is 5.69 Å². The molecule has 6 nitrogen and oxygen atoms in total. The minimum atomic E-state index is -0.0698. The highest BCUT2D eigenvalue weighted by Gasteiger charge is 2.41. The molecule has 0 atom stereocenters. The van der Waals surface area contributed by atoms with Gasteiger partial charge in [0.15, 0.2) is 5.78 Å². The lowest BCUT2D eigenvalue weighted by Crippen LogP contribution is -2.61. The molecule has 1 aromatic heterocycles. The largest absolute Gasteiger partial charge is 0.354 e. The third-order valence-corrected chi connectivity index (χ3v) is 5.82. The molecular weight excluding hydrogens is 318 g/mol. The summed E-state index contributed by atoms with van der Waals surface area (Å²) in [4.78, 5) is 44.1. The summed E-state index contributed by atoms with van der Waals surface area (Å²) in [6, 6.07) is 0.157. The maximum Gasteiger partial charge on any atom is 0.270 e. The zero-order valence-corrected chi connectivity index (χ0v) is 15.1. The first-order valence-electron chi connectivity index (χ1n) is 9.10. The van der Waals surface area contributed by atoms with Gasteiger partial charge in [0.05, 0.1) is 6.04 Å². The number of ketones is 1. The van der Waals surface area contributed by atoms with Gasteiger partial charge in [-0.15, -0.1) is 0 Å². The second-order valence-electron chi connectivity index (χ2n) is 8.47. The number of H-pyrrole nitrogens is 1. The van der Waals surface area contributed by atoms with Crippen molar-refractivity contribution in [1.82, 2.24) is 14.8 Å². The standard InChI is InChI=1S/C19H25N3O3/c1-11-16-13(7-19(2,3)8-14(16)23)20-17(11)18(25)21-9-12(10-21)22-6-4-5-15(22)24/h12,20H,4-10H2,1-3H3. The monoisotopic (exact) mass is 343 g/mol. The van der Waals surface area contributed by atoms with E-state index in [1.807, 2.05) is 11.8 Å². The van der Waals surface area contributed by atoms with Gasteiger partial charge in [-0.1, -0.05) is 13.8 Å². The van der Waals surface area contributed by atoms with Crippen molar-refractivity contribution in [3.05, 3.63) is 22.5 Å². The third-order valence-electron chi connectivity index (χ3n) is 5.82. The highest BCUT2D eigenvalue weighted by Crippen LogP contribution is 2.37. The van der Waals surface area contributed by atoms with E-state index in [0.29, 0.717) is 31.6 Å². The SMILES string of the molecule is Cc1c(C(=O)N2CC(N3CCCC3=O)C2)[nH]c2c1C(=O)CC(C)(C)C2. The Bertz CT molecular complexity index is 771. The van der Waals surface area contributed by atoms with Crippen molar-refractivity contribution in [2.24, 2.45) is 5.41 Å². The van der Waals surface area contributed by atoms with Crippen molar-refractivity contribution in [2.45, 2.75) is 52.5 Å². The summed E-state index contributed by atoms with van der Waals surface area (Å²) in [7, 11) is 0. The lowest BCUT2D eigenvalue weighted by atomic mass is 9.75. The van der Waals surface area contributed by atoms with Crippen LogP contribution in [0.5, 0.6) is 0 Å². The highest BCUT2D eigenvalue weighted by molar-refractivity contribution is 6.04. The first-order valence-corrected chi connectivity index (χ1v) is 9.10. The molecule has 0 bridgehead atoms.